The van der Waals surface area contributed by atoms with E-state index < -0.39 is 0 Å². The number of carbonyl (C=O) groups excluding carboxylic acids is 1. The number of pyridine rings is 1. The van der Waals surface area contributed by atoms with Gasteiger partial charge in [-0.3, -0.25) is 10.1 Å². The van der Waals surface area contributed by atoms with Crippen molar-refractivity contribution in [2.45, 2.75) is 6.42 Å². The minimum atomic E-state index is -0.128. The van der Waals surface area contributed by atoms with E-state index in [9.17, 15) is 4.79 Å². The maximum absolute atomic E-state index is 12.1. The van der Waals surface area contributed by atoms with E-state index in [4.69, 9.17) is 0 Å². The van der Waals surface area contributed by atoms with Gasteiger partial charge in [0.25, 0.3) is 0 Å². The molecule has 0 aliphatic heterocycles. The summed E-state index contributed by atoms with van der Waals surface area (Å²) in [4.78, 5) is 16.6. The Kier molecular flexibility index (Phi) is 3.24. The molecule has 0 aliphatic carbocycles. The minimum Gasteiger partial charge on any atom is -0.293 e. The number of nitrogens with zero attached hydrogens (tertiary/aromatic N) is 3. The third-order valence-electron chi connectivity index (χ3n) is 3.69. The second kappa shape index (κ2) is 5.53. The van der Waals surface area contributed by atoms with Crippen LogP contribution in [-0.4, -0.2) is 20.5 Å². The Hall–Kier alpha value is -3.21. The molecule has 0 fully saturated rings. The van der Waals surface area contributed by atoms with E-state index in [0.717, 1.165) is 22.0 Å². The minimum absolute atomic E-state index is 0.128. The molecule has 4 aromatic rings. The summed E-state index contributed by atoms with van der Waals surface area (Å²) in [5.41, 5.74) is 1.69. The molecule has 1 amide bonds. The highest BCUT2D eigenvalue weighted by atomic mass is 16.1. The highest BCUT2D eigenvalue weighted by Gasteiger charge is 2.10. The van der Waals surface area contributed by atoms with Gasteiger partial charge in [0, 0.05) is 11.6 Å². The molecule has 5 heteroatoms. The number of fused-ring (bicyclic) bond motifs is 3. The summed E-state index contributed by atoms with van der Waals surface area (Å²) < 4.78 is 1.68. The van der Waals surface area contributed by atoms with E-state index in [1.54, 1.807) is 4.52 Å². The molecule has 0 saturated carbocycles. The molecule has 23 heavy (non-hydrogen) atoms. The lowest BCUT2D eigenvalue weighted by molar-refractivity contribution is -0.115. The van der Waals surface area contributed by atoms with E-state index in [-0.39, 0.29) is 5.91 Å². The maximum atomic E-state index is 12.1. The van der Waals surface area contributed by atoms with Gasteiger partial charge in [-0.05, 0) is 17.0 Å². The SMILES string of the molecule is O=C(Cc1ccccc1)Nc1nc2c3ccccc3ccn2n1. The van der Waals surface area contributed by atoms with Crippen molar-refractivity contribution in [2.24, 2.45) is 0 Å². The fraction of sp³-hybridized carbons (Fsp3) is 0.0556. The van der Waals surface area contributed by atoms with Gasteiger partial charge in [-0.2, -0.15) is 4.98 Å². The molecule has 112 valence electrons. The molecule has 4 rings (SSSR count). The zero-order valence-electron chi connectivity index (χ0n) is 12.3. The standard InChI is InChI=1S/C18H14N4O/c23-16(12-13-6-2-1-3-7-13)19-18-20-17-15-9-5-4-8-14(15)10-11-22(17)21-18/h1-11H,12H2,(H,19,21,23). The third kappa shape index (κ3) is 2.64. The third-order valence-corrected chi connectivity index (χ3v) is 3.69. The summed E-state index contributed by atoms with van der Waals surface area (Å²) >= 11 is 0. The van der Waals surface area contributed by atoms with Crippen LogP contribution in [0.5, 0.6) is 0 Å². The van der Waals surface area contributed by atoms with Crippen LogP contribution >= 0.6 is 0 Å². The van der Waals surface area contributed by atoms with Gasteiger partial charge < -0.3 is 0 Å². The van der Waals surface area contributed by atoms with Crippen LogP contribution in [0.15, 0.2) is 66.9 Å². The smallest absolute Gasteiger partial charge is 0.249 e. The summed E-state index contributed by atoms with van der Waals surface area (Å²) in [6.07, 6.45) is 2.15. The lowest BCUT2D eigenvalue weighted by Gasteiger charge is -2.00. The molecule has 0 unspecified atom stereocenters. The lowest BCUT2D eigenvalue weighted by Crippen LogP contribution is -2.15. The van der Waals surface area contributed by atoms with Crippen LogP contribution in [0.4, 0.5) is 5.95 Å². The van der Waals surface area contributed by atoms with Gasteiger partial charge in [-0.15, -0.1) is 5.10 Å². The van der Waals surface area contributed by atoms with Crippen molar-refractivity contribution in [1.29, 1.82) is 0 Å². The van der Waals surface area contributed by atoms with Crippen molar-refractivity contribution in [3.8, 4) is 0 Å². The summed E-state index contributed by atoms with van der Waals surface area (Å²) in [7, 11) is 0. The van der Waals surface area contributed by atoms with Crippen molar-refractivity contribution in [3.63, 3.8) is 0 Å². The number of nitrogens with one attached hydrogen (secondary N) is 1. The summed E-state index contributed by atoms with van der Waals surface area (Å²) in [5, 5.41) is 9.18. The normalized spacial score (nSPS) is 11.0. The average Bonchev–Trinajstić information content (AvgIpc) is 2.98. The first-order valence-corrected chi connectivity index (χ1v) is 7.37. The quantitative estimate of drug-likeness (QED) is 0.632. The average molecular weight is 302 g/mol. The molecule has 2 aromatic carbocycles. The number of benzene rings is 2. The molecular weight excluding hydrogens is 288 g/mol. The van der Waals surface area contributed by atoms with Crippen LogP contribution in [0.2, 0.25) is 0 Å². The number of anilines is 1. The fourth-order valence-corrected chi connectivity index (χ4v) is 2.61. The second-order valence-electron chi connectivity index (χ2n) is 5.32. The molecule has 2 aromatic heterocycles. The molecule has 0 bridgehead atoms. The monoisotopic (exact) mass is 302 g/mol. The van der Waals surface area contributed by atoms with Crippen molar-refractivity contribution in [1.82, 2.24) is 14.6 Å². The number of hydrogen-bond acceptors (Lipinski definition) is 3. The summed E-state index contributed by atoms with van der Waals surface area (Å²) in [6.45, 7) is 0. The Morgan fingerprint density at radius 3 is 2.65 bits per heavy atom. The topological polar surface area (TPSA) is 59.3 Å². The predicted octanol–water partition coefficient (Wildman–Crippen LogP) is 3.06. The van der Waals surface area contributed by atoms with Crippen LogP contribution in [0.3, 0.4) is 0 Å². The molecular formula is C18H14N4O. The number of amides is 1. The van der Waals surface area contributed by atoms with Gasteiger partial charge in [0.2, 0.25) is 11.9 Å². The molecule has 2 heterocycles. The summed E-state index contributed by atoms with van der Waals surface area (Å²) in [5.74, 6) is 0.193. The first kappa shape index (κ1) is 13.5. The maximum Gasteiger partial charge on any atom is 0.249 e. The molecule has 0 radical (unpaired) electrons. The van der Waals surface area contributed by atoms with Gasteiger partial charge in [0.15, 0.2) is 5.65 Å². The Labute approximate surface area is 132 Å². The van der Waals surface area contributed by atoms with E-state index in [1.165, 1.54) is 0 Å². The first-order chi connectivity index (χ1) is 11.3. The van der Waals surface area contributed by atoms with E-state index in [1.807, 2.05) is 66.9 Å². The van der Waals surface area contributed by atoms with Gasteiger partial charge >= 0.3 is 0 Å². The number of rotatable bonds is 3. The van der Waals surface area contributed by atoms with Crippen molar-refractivity contribution >= 4 is 28.3 Å². The number of carbonyl (C=O) groups is 1. The first-order valence-electron chi connectivity index (χ1n) is 7.37. The Morgan fingerprint density at radius 1 is 1.00 bits per heavy atom. The predicted molar refractivity (Wildman–Crippen MR) is 89.3 cm³/mol. The van der Waals surface area contributed by atoms with Gasteiger partial charge in [0.05, 0.1) is 6.42 Å². The van der Waals surface area contributed by atoms with Crippen LogP contribution in [-0.2, 0) is 11.2 Å². The largest absolute Gasteiger partial charge is 0.293 e. The zero-order chi connectivity index (χ0) is 15.6. The zero-order valence-corrected chi connectivity index (χ0v) is 12.3. The van der Waals surface area contributed by atoms with E-state index in [0.29, 0.717) is 12.4 Å². The lowest BCUT2D eigenvalue weighted by atomic mass is 10.1. The van der Waals surface area contributed by atoms with Crippen LogP contribution in [0.25, 0.3) is 16.4 Å². The highest BCUT2D eigenvalue weighted by Crippen LogP contribution is 2.19. The van der Waals surface area contributed by atoms with Crippen LogP contribution < -0.4 is 5.32 Å². The van der Waals surface area contributed by atoms with Gasteiger partial charge in [0.1, 0.15) is 0 Å². The number of aromatic nitrogens is 3. The van der Waals surface area contributed by atoms with Gasteiger partial charge in [-0.1, -0.05) is 54.6 Å². The molecule has 0 aliphatic rings. The van der Waals surface area contributed by atoms with Crippen LogP contribution in [0.1, 0.15) is 5.56 Å². The molecule has 0 atom stereocenters. The number of hydrogen-bond donors (Lipinski definition) is 1. The van der Waals surface area contributed by atoms with Gasteiger partial charge in [-0.25, -0.2) is 4.52 Å². The molecule has 5 nitrogen and oxygen atoms in total. The van der Waals surface area contributed by atoms with Crippen LogP contribution in [0, 0.1) is 0 Å². The Bertz CT molecular complexity index is 992. The molecule has 1 N–H and O–H groups in total. The molecule has 0 saturated heterocycles. The molecule has 0 spiro atoms. The Morgan fingerprint density at radius 2 is 1.78 bits per heavy atom. The fourth-order valence-electron chi connectivity index (χ4n) is 2.61. The highest BCUT2D eigenvalue weighted by molar-refractivity contribution is 5.95. The van der Waals surface area contributed by atoms with E-state index in [2.05, 4.69) is 15.4 Å². The van der Waals surface area contributed by atoms with E-state index >= 15 is 0 Å². The Balaban J connectivity index is 1.62. The second-order valence-corrected chi connectivity index (χ2v) is 5.32. The van der Waals surface area contributed by atoms with Crippen molar-refractivity contribution in [3.05, 3.63) is 72.4 Å². The van der Waals surface area contributed by atoms with Crippen molar-refractivity contribution < 1.29 is 4.79 Å². The summed E-state index contributed by atoms with van der Waals surface area (Å²) in [6, 6.07) is 19.5. The van der Waals surface area contributed by atoms with Crippen molar-refractivity contribution in [2.75, 3.05) is 5.32 Å².